The standard InChI is InChI=1S/C15H27NO3/c1-5-12(17)13(15(2,3)4)16-14(18)19-11-9-7-6-8-10-11/h11,13H,5-10H2,1-4H3,(H,16,18). The number of rotatable bonds is 4. The summed E-state index contributed by atoms with van der Waals surface area (Å²) in [6, 6.07) is -0.478. The molecule has 1 atom stereocenters. The Kier molecular flexibility index (Phi) is 5.83. The zero-order valence-corrected chi connectivity index (χ0v) is 12.6. The van der Waals surface area contributed by atoms with Crippen molar-refractivity contribution in [3.8, 4) is 0 Å². The van der Waals surface area contributed by atoms with Gasteiger partial charge in [-0.15, -0.1) is 0 Å². The summed E-state index contributed by atoms with van der Waals surface area (Å²) >= 11 is 0. The molecule has 19 heavy (non-hydrogen) atoms. The number of hydrogen-bond acceptors (Lipinski definition) is 3. The van der Waals surface area contributed by atoms with Gasteiger partial charge in [-0.2, -0.15) is 0 Å². The van der Waals surface area contributed by atoms with Gasteiger partial charge >= 0.3 is 6.09 Å². The SMILES string of the molecule is CCC(=O)C(NC(=O)OC1CCCCC1)C(C)(C)C. The average molecular weight is 269 g/mol. The van der Waals surface area contributed by atoms with Gasteiger partial charge in [0.2, 0.25) is 0 Å². The van der Waals surface area contributed by atoms with Gasteiger partial charge in [-0.1, -0.05) is 34.1 Å². The van der Waals surface area contributed by atoms with Gasteiger partial charge < -0.3 is 10.1 Å². The van der Waals surface area contributed by atoms with Crippen LogP contribution in [-0.4, -0.2) is 24.0 Å². The van der Waals surface area contributed by atoms with Crippen LogP contribution in [0.3, 0.4) is 0 Å². The monoisotopic (exact) mass is 269 g/mol. The first-order chi connectivity index (χ1) is 8.84. The van der Waals surface area contributed by atoms with Crippen molar-refractivity contribution in [1.82, 2.24) is 5.32 Å². The van der Waals surface area contributed by atoms with Crippen molar-refractivity contribution in [2.45, 2.75) is 78.4 Å². The van der Waals surface area contributed by atoms with E-state index >= 15 is 0 Å². The van der Waals surface area contributed by atoms with E-state index < -0.39 is 12.1 Å². The van der Waals surface area contributed by atoms with Crippen molar-refractivity contribution in [2.75, 3.05) is 0 Å². The van der Waals surface area contributed by atoms with Crippen molar-refractivity contribution in [2.24, 2.45) is 5.41 Å². The topological polar surface area (TPSA) is 55.4 Å². The highest BCUT2D eigenvalue weighted by molar-refractivity contribution is 5.87. The number of ether oxygens (including phenoxy) is 1. The summed E-state index contributed by atoms with van der Waals surface area (Å²) in [5.74, 6) is 0.0492. The number of ketones is 1. The van der Waals surface area contributed by atoms with Crippen LogP contribution in [0.25, 0.3) is 0 Å². The third-order valence-corrected chi connectivity index (χ3v) is 3.62. The van der Waals surface area contributed by atoms with E-state index in [1.807, 2.05) is 27.7 Å². The average Bonchev–Trinajstić information content (AvgIpc) is 2.35. The Labute approximate surface area is 116 Å². The fraction of sp³-hybridized carbons (Fsp3) is 0.867. The van der Waals surface area contributed by atoms with Crippen LogP contribution in [0.1, 0.15) is 66.2 Å². The number of carbonyl (C=O) groups is 2. The van der Waals surface area contributed by atoms with Crippen LogP contribution in [0.2, 0.25) is 0 Å². The molecule has 110 valence electrons. The normalized spacial score (nSPS) is 18.7. The molecule has 0 heterocycles. The Balaban J connectivity index is 2.53. The number of Topliss-reactive ketones (excluding diaryl/α,β-unsaturated/α-hetero) is 1. The molecule has 0 aromatic carbocycles. The second-order valence-electron chi connectivity index (χ2n) is 6.43. The highest BCUT2D eigenvalue weighted by Crippen LogP contribution is 2.23. The van der Waals surface area contributed by atoms with Gasteiger partial charge in [-0.25, -0.2) is 4.79 Å². The van der Waals surface area contributed by atoms with Gasteiger partial charge in [-0.05, 0) is 31.1 Å². The van der Waals surface area contributed by atoms with Gasteiger partial charge in [0.1, 0.15) is 6.10 Å². The summed E-state index contributed by atoms with van der Waals surface area (Å²) in [4.78, 5) is 23.8. The predicted octanol–water partition coefficient (Wildman–Crippen LogP) is 3.44. The zero-order valence-electron chi connectivity index (χ0n) is 12.6. The van der Waals surface area contributed by atoms with E-state index in [-0.39, 0.29) is 17.3 Å². The van der Waals surface area contributed by atoms with E-state index in [1.54, 1.807) is 0 Å². The molecule has 1 aliphatic carbocycles. The van der Waals surface area contributed by atoms with Crippen molar-refractivity contribution in [3.63, 3.8) is 0 Å². The molecule has 0 spiro atoms. The maximum atomic E-state index is 11.9. The lowest BCUT2D eigenvalue weighted by Gasteiger charge is -2.31. The first-order valence-corrected chi connectivity index (χ1v) is 7.34. The molecule has 0 aliphatic heterocycles. The van der Waals surface area contributed by atoms with Gasteiger partial charge in [0, 0.05) is 6.42 Å². The molecule has 0 saturated heterocycles. The van der Waals surface area contributed by atoms with Crippen LogP contribution in [-0.2, 0) is 9.53 Å². The molecule has 4 heteroatoms. The molecule has 1 unspecified atom stereocenters. The van der Waals surface area contributed by atoms with Crippen molar-refractivity contribution < 1.29 is 14.3 Å². The van der Waals surface area contributed by atoms with E-state index in [0.717, 1.165) is 25.7 Å². The molecular formula is C15H27NO3. The van der Waals surface area contributed by atoms with Gasteiger partial charge in [0.05, 0.1) is 6.04 Å². The number of nitrogens with one attached hydrogen (secondary N) is 1. The number of alkyl carbamates (subject to hydrolysis) is 1. The van der Waals surface area contributed by atoms with Crippen LogP contribution in [0, 0.1) is 5.41 Å². The molecule has 0 aromatic heterocycles. The minimum Gasteiger partial charge on any atom is -0.446 e. The number of amides is 1. The van der Waals surface area contributed by atoms with Crippen molar-refractivity contribution in [3.05, 3.63) is 0 Å². The maximum absolute atomic E-state index is 11.9. The van der Waals surface area contributed by atoms with E-state index in [9.17, 15) is 9.59 Å². The maximum Gasteiger partial charge on any atom is 0.408 e. The fourth-order valence-corrected chi connectivity index (χ4v) is 2.47. The summed E-state index contributed by atoms with van der Waals surface area (Å²) in [5.41, 5.74) is -0.293. The summed E-state index contributed by atoms with van der Waals surface area (Å²) in [6.07, 6.45) is 5.33. The number of carbonyl (C=O) groups excluding carboxylic acids is 2. The predicted molar refractivity (Wildman–Crippen MR) is 75.0 cm³/mol. The molecule has 1 aliphatic rings. The Hall–Kier alpha value is -1.06. The van der Waals surface area contributed by atoms with Gasteiger partial charge in [-0.3, -0.25) is 4.79 Å². The fourth-order valence-electron chi connectivity index (χ4n) is 2.47. The van der Waals surface area contributed by atoms with Gasteiger partial charge in [0.15, 0.2) is 5.78 Å². The lowest BCUT2D eigenvalue weighted by atomic mass is 9.83. The summed E-state index contributed by atoms with van der Waals surface area (Å²) in [6.45, 7) is 7.67. The van der Waals surface area contributed by atoms with Crippen LogP contribution in [0.4, 0.5) is 4.79 Å². The Morgan fingerprint density at radius 1 is 1.21 bits per heavy atom. The lowest BCUT2D eigenvalue weighted by Crippen LogP contribution is -2.49. The highest BCUT2D eigenvalue weighted by Gasteiger charge is 2.32. The molecule has 4 nitrogen and oxygen atoms in total. The van der Waals surface area contributed by atoms with Crippen LogP contribution in [0.5, 0.6) is 0 Å². The summed E-state index contributed by atoms with van der Waals surface area (Å²) < 4.78 is 5.41. The van der Waals surface area contributed by atoms with Crippen molar-refractivity contribution in [1.29, 1.82) is 0 Å². The molecule has 1 N–H and O–H groups in total. The van der Waals surface area contributed by atoms with Crippen LogP contribution in [0.15, 0.2) is 0 Å². The summed E-state index contributed by atoms with van der Waals surface area (Å²) in [7, 11) is 0. The van der Waals surface area contributed by atoms with E-state index in [4.69, 9.17) is 4.74 Å². The van der Waals surface area contributed by atoms with E-state index in [2.05, 4.69) is 5.32 Å². The molecule has 1 fully saturated rings. The minimum absolute atomic E-state index is 0.0195. The zero-order chi connectivity index (χ0) is 14.5. The number of hydrogen-bond donors (Lipinski definition) is 1. The molecule has 0 radical (unpaired) electrons. The Morgan fingerprint density at radius 3 is 2.26 bits per heavy atom. The second kappa shape index (κ2) is 6.92. The van der Waals surface area contributed by atoms with Crippen molar-refractivity contribution >= 4 is 11.9 Å². The van der Waals surface area contributed by atoms with E-state index in [0.29, 0.717) is 6.42 Å². The highest BCUT2D eigenvalue weighted by atomic mass is 16.6. The summed E-state index contributed by atoms with van der Waals surface area (Å²) in [5, 5.41) is 2.74. The first-order valence-electron chi connectivity index (χ1n) is 7.34. The lowest BCUT2D eigenvalue weighted by molar-refractivity contribution is -0.123. The molecule has 1 saturated carbocycles. The quantitative estimate of drug-likeness (QED) is 0.850. The largest absolute Gasteiger partial charge is 0.446 e. The third kappa shape index (κ3) is 5.21. The van der Waals surface area contributed by atoms with E-state index in [1.165, 1.54) is 6.42 Å². The Bertz CT molecular complexity index is 314. The molecule has 0 bridgehead atoms. The molecule has 1 amide bonds. The Morgan fingerprint density at radius 2 is 1.79 bits per heavy atom. The van der Waals surface area contributed by atoms with Crippen LogP contribution < -0.4 is 5.32 Å². The minimum atomic E-state index is -0.478. The molecular weight excluding hydrogens is 242 g/mol. The van der Waals surface area contributed by atoms with Crippen LogP contribution >= 0.6 is 0 Å². The second-order valence-corrected chi connectivity index (χ2v) is 6.43. The van der Waals surface area contributed by atoms with Gasteiger partial charge in [0.25, 0.3) is 0 Å². The molecule has 0 aromatic rings. The third-order valence-electron chi connectivity index (χ3n) is 3.62. The molecule has 1 rings (SSSR count). The first kappa shape index (κ1) is 16.0. The smallest absolute Gasteiger partial charge is 0.408 e.